The molecule has 1 saturated heterocycles. The van der Waals surface area contributed by atoms with Crippen molar-refractivity contribution in [2.75, 3.05) is 19.6 Å². The van der Waals surface area contributed by atoms with Gasteiger partial charge in [0.1, 0.15) is 5.76 Å². The minimum absolute atomic E-state index is 0.0911. The quantitative estimate of drug-likeness (QED) is 0.857. The molecule has 0 radical (unpaired) electrons. The number of furan rings is 1. The van der Waals surface area contributed by atoms with Gasteiger partial charge in [-0.3, -0.25) is 4.79 Å². The lowest BCUT2D eigenvalue weighted by Gasteiger charge is -2.22. The van der Waals surface area contributed by atoms with Gasteiger partial charge in [0.05, 0.1) is 0 Å². The molecule has 1 unspecified atom stereocenters. The Balaban J connectivity index is 1.77. The van der Waals surface area contributed by atoms with Gasteiger partial charge >= 0.3 is 0 Å². The number of hydrogen-bond donors (Lipinski definition) is 2. The molecule has 4 nitrogen and oxygen atoms in total. The highest BCUT2D eigenvalue weighted by molar-refractivity contribution is 5.91. The third-order valence-electron chi connectivity index (χ3n) is 3.80. The lowest BCUT2D eigenvalue weighted by atomic mass is 9.96. The smallest absolute Gasteiger partial charge is 0.287 e. The fourth-order valence-corrected chi connectivity index (χ4v) is 2.63. The van der Waals surface area contributed by atoms with Crippen molar-refractivity contribution in [3.63, 3.8) is 0 Å². The SMILES string of the molecule is CCc1oc(C(=O)NCCC2CCCNC2)cc1C. The van der Waals surface area contributed by atoms with Crippen LogP contribution in [0.3, 0.4) is 0 Å². The van der Waals surface area contributed by atoms with Crippen LogP contribution in [0.15, 0.2) is 10.5 Å². The number of aryl methyl sites for hydroxylation is 2. The molecule has 106 valence electrons. The molecule has 0 aromatic carbocycles. The van der Waals surface area contributed by atoms with Gasteiger partial charge in [-0.2, -0.15) is 0 Å². The first-order valence-corrected chi connectivity index (χ1v) is 7.29. The molecule has 1 aromatic heterocycles. The summed E-state index contributed by atoms with van der Waals surface area (Å²) in [5.74, 6) is 1.95. The number of amides is 1. The summed E-state index contributed by atoms with van der Waals surface area (Å²) < 4.78 is 5.54. The predicted octanol–water partition coefficient (Wildman–Crippen LogP) is 2.27. The molecular formula is C15H24N2O2. The van der Waals surface area contributed by atoms with Gasteiger partial charge in [0.15, 0.2) is 5.76 Å². The molecule has 0 bridgehead atoms. The number of nitrogens with one attached hydrogen (secondary N) is 2. The Bertz CT molecular complexity index is 420. The second-order valence-corrected chi connectivity index (χ2v) is 5.33. The molecule has 1 amide bonds. The van der Waals surface area contributed by atoms with Crippen molar-refractivity contribution in [3.05, 3.63) is 23.2 Å². The summed E-state index contributed by atoms with van der Waals surface area (Å²) in [4.78, 5) is 11.9. The molecule has 0 spiro atoms. The average Bonchev–Trinajstić information content (AvgIpc) is 2.81. The molecule has 2 heterocycles. The molecule has 0 saturated carbocycles. The van der Waals surface area contributed by atoms with Crippen LogP contribution < -0.4 is 10.6 Å². The zero-order valence-electron chi connectivity index (χ0n) is 11.9. The van der Waals surface area contributed by atoms with Crippen molar-refractivity contribution in [2.24, 2.45) is 5.92 Å². The van der Waals surface area contributed by atoms with Gasteiger partial charge in [-0.25, -0.2) is 0 Å². The van der Waals surface area contributed by atoms with E-state index in [-0.39, 0.29) is 5.91 Å². The Morgan fingerprint density at radius 3 is 3.05 bits per heavy atom. The third-order valence-corrected chi connectivity index (χ3v) is 3.80. The van der Waals surface area contributed by atoms with Crippen molar-refractivity contribution in [1.29, 1.82) is 0 Å². The van der Waals surface area contributed by atoms with Crippen molar-refractivity contribution in [1.82, 2.24) is 10.6 Å². The van der Waals surface area contributed by atoms with E-state index in [1.54, 1.807) is 0 Å². The Morgan fingerprint density at radius 2 is 2.42 bits per heavy atom. The number of carbonyl (C=O) groups is 1. The zero-order chi connectivity index (χ0) is 13.7. The molecule has 0 aliphatic carbocycles. The molecule has 1 fully saturated rings. The van der Waals surface area contributed by atoms with Crippen LogP contribution in [0.1, 0.15) is 48.1 Å². The summed E-state index contributed by atoms with van der Waals surface area (Å²) in [6.07, 6.45) is 4.38. The van der Waals surface area contributed by atoms with Gasteiger partial charge in [-0.1, -0.05) is 6.92 Å². The van der Waals surface area contributed by atoms with Crippen molar-refractivity contribution in [2.45, 2.75) is 39.5 Å². The topological polar surface area (TPSA) is 54.3 Å². The normalized spacial score (nSPS) is 19.4. The van der Waals surface area contributed by atoms with Crippen molar-refractivity contribution in [3.8, 4) is 0 Å². The summed E-state index contributed by atoms with van der Waals surface area (Å²) in [6.45, 7) is 6.95. The largest absolute Gasteiger partial charge is 0.456 e. The minimum Gasteiger partial charge on any atom is -0.456 e. The average molecular weight is 264 g/mol. The second-order valence-electron chi connectivity index (χ2n) is 5.33. The van der Waals surface area contributed by atoms with Gasteiger partial charge in [0, 0.05) is 13.0 Å². The summed E-state index contributed by atoms with van der Waals surface area (Å²) in [5, 5.41) is 6.34. The summed E-state index contributed by atoms with van der Waals surface area (Å²) in [6, 6.07) is 1.83. The Hall–Kier alpha value is -1.29. The zero-order valence-corrected chi connectivity index (χ0v) is 11.9. The fourth-order valence-electron chi connectivity index (χ4n) is 2.63. The minimum atomic E-state index is -0.0911. The first-order valence-electron chi connectivity index (χ1n) is 7.29. The van der Waals surface area contributed by atoms with Gasteiger partial charge in [-0.05, 0) is 56.8 Å². The van der Waals surface area contributed by atoms with Gasteiger partial charge in [-0.15, -0.1) is 0 Å². The van der Waals surface area contributed by atoms with Gasteiger partial charge in [0.25, 0.3) is 5.91 Å². The van der Waals surface area contributed by atoms with Crippen LogP contribution in [0.5, 0.6) is 0 Å². The maximum Gasteiger partial charge on any atom is 0.287 e. The molecule has 4 heteroatoms. The van der Waals surface area contributed by atoms with Crippen LogP contribution in [0, 0.1) is 12.8 Å². The van der Waals surface area contributed by atoms with E-state index >= 15 is 0 Å². The molecule has 1 atom stereocenters. The van der Waals surface area contributed by atoms with E-state index in [0.29, 0.717) is 11.7 Å². The molecule has 1 aliphatic rings. The van der Waals surface area contributed by atoms with E-state index in [4.69, 9.17) is 4.42 Å². The van der Waals surface area contributed by atoms with E-state index in [1.165, 1.54) is 12.8 Å². The summed E-state index contributed by atoms with van der Waals surface area (Å²) in [7, 11) is 0. The van der Waals surface area contributed by atoms with Gasteiger partial charge in [0.2, 0.25) is 0 Å². The first-order chi connectivity index (χ1) is 9.20. The van der Waals surface area contributed by atoms with E-state index in [9.17, 15) is 4.79 Å². The van der Waals surface area contributed by atoms with E-state index < -0.39 is 0 Å². The fraction of sp³-hybridized carbons (Fsp3) is 0.667. The van der Waals surface area contributed by atoms with E-state index in [0.717, 1.165) is 43.8 Å². The maximum atomic E-state index is 11.9. The number of carbonyl (C=O) groups excluding carboxylic acids is 1. The van der Waals surface area contributed by atoms with E-state index in [1.807, 2.05) is 19.9 Å². The van der Waals surface area contributed by atoms with Gasteiger partial charge < -0.3 is 15.1 Å². The highest BCUT2D eigenvalue weighted by Gasteiger charge is 2.15. The Labute approximate surface area is 114 Å². The Kier molecular flexibility index (Phi) is 5.02. The lowest BCUT2D eigenvalue weighted by Crippen LogP contribution is -2.33. The standard InChI is InChI=1S/C15H24N2O2/c1-3-13-11(2)9-14(19-13)15(18)17-8-6-12-5-4-7-16-10-12/h9,12,16H,3-8,10H2,1-2H3,(H,17,18). The highest BCUT2D eigenvalue weighted by atomic mass is 16.4. The van der Waals surface area contributed by atoms with Crippen LogP contribution in [-0.2, 0) is 6.42 Å². The molecule has 19 heavy (non-hydrogen) atoms. The highest BCUT2D eigenvalue weighted by Crippen LogP contribution is 2.16. The summed E-state index contributed by atoms with van der Waals surface area (Å²) in [5.41, 5.74) is 1.06. The molecule has 2 rings (SSSR count). The van der Waals surface area contributed by atoms with Crippen LogP contribution in [-0.4, -0.2) is 25.5 Å². The second kappa shape index (κ2) is 6.75. The number of rotatable bonds is 5. The lowest BCUT2D eigenvalue weighted by molar-refractivity contribution is 0.0921. The predicted molar refractivity (Wildman–Crippen MR) is 75.4 cm³/mol. The molecule has 1 aliphatic heterocycles. The molecular weight excluding hydrogens is 240 g/mol. The van der Waals surface area contributed by atoms with Crippen LogP contribution in [0.4, 0.5) is 0 Å². The number of hydrogen-bond acceptors (Lipinski definition) is 3. The van der Waals surface area contributed by atoms with Crippen LogP contribution >= 0.6 is 0 Å². The molecule has 2 N–H and O–H groups in total. The molecule has 1 aromatic rings. The van der Waals surface area contributed by atoms with E-state index in [2.05, 4.69) is 10.6 Å². The first kappa shape index (κ1) is 14.1. The van der Waals surface area contributed by atoms with Crippen LogP contribution in [0.25, 0.3) is 0 Å². The van der Waals surface area contributed by atoms with Crippen LogP contribution in [0.2, 0.25) is 0 Å². The van der Waals surface area contributed by atoms with Crippen molar-refractivity contribution < 1.29 is 9.21 Å². The third kappa shape index (κ3) is 3.83. The summed E-state index contributed by atoms with van der Waals surface area (Å²) >= 11 is 0. The van der Waals surface area contributed by atoms with Crippen molar-refractivity contribution >= 4 is 5.91 Å². The monoisotopic (exact) mass is 264 g/mol. The number of piperidine rings is 1. The Morgan fingerprint density at radius 1 is 1.58 bits per heavy atom. The maximum absolute atomic E-state index is 11.9.